The lowest BCUT2D eigenvalue weighted by Gasteiger charge is -2.27. The van der Waals surface area contributed by atoms with E-state index in [1.807, 2.05) is 0 Å². The molecule has 1 saturated carbocycles. The third kappa shape index (κ3) is 4.46. The quantitative estimate of drug-likeness (QED) is 0.880. The van der Waals surface area contributed by atoms with Gasteiger partial charge in [0, 0.05) is 13.6 Å². The van der Waals surface area contributed by atoms with Gasteiger partial charge in [0.2, 0.25) is 10.0 Å². The number of amides is 1. The minimum Gasteiger partial charge on any atom is -0.341 e. The third-order valence-corrected chi connectivity index (χ3v) is 6.09. The Morgan fingerprint density at radius 1 is 1.30 bits per heavy atom. The van der Waals surface area contributed by atoms with Gasteiger partial charge < -0.3 is 4.90 Å². The summed E-state index contributed by atoms with van der Waals surface area (Å²) in [6.07, 6.45) is 5.97. The van der Waals surface area contributed by atoms with E-state index < -0.39 is 10.0 Å². The molecule has 23 heavy (non-hydrogen) atoms. The standard InChI is InChI=1S/C16H23ClN2O3S/c1-18-23(21,22)13-8-9-15(17)14(10-13)16(20)19(2)11-12-6-4-3-5-7-12/h8-10,12,18H,3-7,11H2,1-2H3. The maximum absolute atomic E-state index is 12.6. The fourth-order valence-corrected chi connectivity index (χ4v) is 3.95. The first kappa shape index (κ1) is 18.2. The Morgan fingerprint density at radius 2 is 1.96 bits per heavy atom. The predicted octanol–water partition coefficient (Wildman–Crippen LogP) is 2.90. The lowest BCUT2D eigenvalue weighted by atomic mass is 9.89. The zero-order valence-electron chi connectivity index (χ0n) is 13.5. The Balaban J connectivity index is 2.19. The summed E-state index contributed by atoms with van der Waals surface area (Å²) in [7, 11) is -0.527. The van der Waals surface area contributed by atoms with Crippen molar-refractivity contribution in [3.05, 3.63) is 28.8 Å². The molecule has 1 aromatic rings. The molecule has 0 aromatic heterocycles. The molecule has 0 saturated heterocycles. The Bertz CT molecular complexity index is 670. The highest BCUT2D eigenvalue weighted by Crippen LogP contribution is 2.26. The van der Waals surface area contributed by atoms with Gasteiger partial charge in [0.1, 0.15) is 0 Å². The molecule has 1 fully saturated rings. The average Bonchev–Trinajstić information content (AvgIpc) is 2.55. The molecule has 0 spiro atoms. The van der Waals surface area contributed by atoms with Gasteiger partial charge in [0.05, 0.1) is 15.5 Å². The van der Waals surface area contributed by atoms with Crippen molar-refractivity contribution in [3.8, 4) is 0 Å². The van der Waals surface area contributed by atoms with E-state index in [1.165, 1.54) is 44.5 Å². The van der Waals surface area contributed by atoms with E-state index in [9.17, 15) is 13.2 Å². The summed E-state index contributed by atoms with van der Waals surface area (Å²) in [6, 6.07) is 4.19. The van der Waals surface area contributed by atoms with Gasteiger partial charge in [-0.1, -0.05) is 30.9 Å². The van der Waals surface area contributed by atoms with Crippen LogP contribution in [0, 0.1) is 5.92 Å². The number of hydrogen-bond acceptors (Lipinski definition) is 3. The van der Waals surface area contributed by atoms with Gasteiger partial charge in [-0.05, 0) is 44.0 Å². The van der Waals surface area contributed by atoms with Crippen molar-refractivity contribution >= 4 is 27.5 Å². The van der Waals surface area contributed by atoms with Gasteiger partial charge in [-0.15, -0.1) is 0 Å². The molecule has 1 aliphatic rings. The molecule has 1 N–H and O–H groups in total. The highest BCUT2D eigenvalue weighted by Gasteiger charge is 2.22. The second kappa shape index (κ2) is 7.64. The van der Waals surface area contributed by atoms with Crippen LogP contribution < -0.4 is 4.72 Å². The lowest BCUT2D eigenvalue weighted by Crippen LogP contribution is -2.33. The van der Waals surface area contributed by atoms with E-state index in [-0.39, 0.29) is 21.4 Å². The first-order chi connectivity index (χ1) is 10.8. The molecule has 0 heterocycles. The average molecular weight is 359 g/mol. The van der Waals surface area contributed by atoms with E-state index in [1.54, 1.807) is 11.9 Å². The molecule has 0 atom stereocenters. The highest BCUT2D eigenvalue weighted by molar-refractivity contribution is 7.89. The van der Waals surface area contributed by atoms with Crippen LogP contribution in [0.2, 0.25) is 5.02 Å². The van der Waals surface area contributed by atoms with E-state index in [2.05, 4.69) is 4.72 Å². The molecule has 0 bridgehead atoms. The van der Waals surface area contributed by atoms with Gasteiger partial charge in [0.25, 0.3) is 5.91 Å². The number of nitrogens with zero attached hydrogens (tertiary/aromatic N) is 1. The highest BCUT2D eigenvalue weighted by atomic mass is 35.5. The maximum Gasteiger partial charge on any atom is 0.255 e. The van der Waals surface area contributed by atoms with Crippen molar-refractivity contribution in [2.45, 2.75) is 37.0 Å². The molecule has 1 amide bonds. The Hall–Kier alpha value is -1.11. The van der Waals surface area contributed by atoms with Crippen molar-refractivity contribution < 1.29 is 13.2 Å². The summed E-state index contributed by atoms with van der Waals surface area (Å²) in [4.78, 5) is 14.3. The number of halogens is 1. The van der Waals surface area contributed by atoms with Crippen LogP contribution in [0.5, 0.6) is 0 Å². The second-order valence-corrected chi connectivity index (χ2v) is 8.33. The van der Waals surface area contributed by atoms with E-state index >= 15 is 0 Å². The lowest BCUT2D eigenvalue weighted by molar-refractivity contribution is 0.0760. The summed E-state index contributed by atoms with van der Waals surface area (Å²) >= 11 is 6.11. The Morgan fingerprint density at radius 3 is 2.57 bits per heavy atom. The molecule has 2 rings (SSSR count). The van der Waals surface area contributed by atoms with Gasteiger partial charge in [-0.2, -0.15) is 0 Å². The summed E-state index contributed by atoms with van der Waals surface area (Å²) in [6.45, 7) is 0.679. The zero-order chi connectivity index (χ0) is 17.0. The number of hydrogen-bond donors (Lipinski definition) is 1. The molecular weight excluding hydrogens is 336 g/mol. The van der Waals surface area contributed by atoms with Gasteiger partial charge in [-0.25, -0.2) is 13.1 Å². The van der Waals surface area contributed by atoms with Crippen LogP contribution in [0.25, 0.3) is 0 Å². The number of rotatable bonds is 5. The van der Waals surface area contributed by atoms with E-state index in [0.29, 0.717) is 12.5 Å². The molecule has 128 valence electrons. The molecule has 1 aromatic carbocycles. The van der Waals surface area contributed by atoms with Gasteiger partial charge >= 0.3 is 0 Å². The predicted molar refractivity (Wildman–Crippen MR) is 91.2 cm³/mol. The van der Waals surface area contributed by atoms with Crippen molar-refractivity contribution in [1.29, 1.82) is 0 Å². The Labute approximate surface area is 143 Å². The first-order valence-electron chi connectivity index (χ1n) is 7.83. The van der Waals surface area contributed by atoms with E-state index in [4.69, 9.17) is 11.6 Å². The number of sulfonamides is 1. The van der Waals surface area contributed by atoms with Crippen molar-refractivity contribution in [3.63, 3.8) is 0 Å². The van der Waals surface area contributed by atoms with Crippen molar-refractivity contribution in [2.75, 3.05) is 20.6 Å². The van der Waals surface area contributed by atoms with Crippen LogP contribution in [-0.4, -0.2) is 39.9 Å². The van der Waals surface area contributed by atoms with Crippen molar-refractivity contribution in [1.82, 2.24) is 9.62 Å². The van der Waals surface area contributed by atoms with Crippen molar-refractivity contribution in [2.24, 2.45) is 5.92 Å². The fourth-order valence-electron chi connectivity index (χ4n) is 3.00. The molecule has 0 unspecified atom stereocenters. The van der Waals surface area contributed by atoms with Gasteiger partial charge in [0.15, 0.2) is 0 Å². The minimum atomic E-state index is -3.60. The van der Waals surface area contributed by atoms with Crippen LogP contribution in [0.15, 0.2) is 23.1 Å². The minimum absolute atomic E-state index is 0.0406. The van der Waals surface area contributed by atoms with Crippen LogP contribution in [-0.2, 0) is 10.0 Å². The zero-order valence-corrected chi connectivity index (χ0v) is 15.1. The van der Waals surface area contributed by atoms with E-state index in [0.717, 1.165) is 12.8 Å². The maximum atomic E-state index is 12.6. The monoisotopic (exact) mass is 358 g/mol. The molecule has 0 aliphatic heterocycles. The SMILES string of the molecule is CNS(=O)(=O)c1ccc(Cl)c(C(=O)N(C)CC2CCCCC2)c1. The fraction of sp³-hybridized carbons (Fsp3) is 0.562. The van der Waals surface area contributed by atoms with Gasteiger partial charge in [-0.3, -0.25) is 4.79 Å². The molecule has 1 aliphatic carbocycles. The smallest absolute Gasteiger partial charge is 0.255 e. The largest absolute Gasteiger partial charge is 0.341 e. The normalized spacial score (nSPS) is 16.3. The topological polar surface area (TPSA) is 66.5 Å². The second-order valence-electron chi connectivity index (χ2n) is 6.04. The first-order valence-corrected chi connectivity index (χ1v) is 9.70. The summed E-state index contributed by atoms with van der Waals surface area (Å²) in [5, 5.41) is 0.264. The molecular formula is C16H23ClN2O3S. The molecule has 0 radical (unpaired) electrons. The van der Waals surface area contributed by atoms with Crippen LogP contribution >= 0.6 is 11.6 Å². The number of benzene rings is 1. The molecule has 5 nitrogen and oxygen atoms in total. The summed E-state index contributed by atoms with van der Waals surface area (Å²) < 4.78 is 26.0. The third-order valence-electron chi connectivity index (χ3n) is 4.35. The molecule has 7 heteroatoms. The summed E-state index contributed by atoms with van der Waals surface area (Å²) in [5.41, 5.74) is 0.223. The van der Waals surface area contributed by atoms with Crippen LogP contribution in [0.4, 0.5) is 0 Å². The van der Waals surface area contributed by atoms with Crippen LogP contribution in [0.3, 0.4) is 0 Å². The number of nitrogens with one attached hydrogen (secondary N) is 1. The Kier molecular flexibility index (Phi) is 6.06. The number of carbonyl (C=O) groups excluding carboxylic acids is 1. The summed E-state index contributed by atoms with van der Waals surface area (Å²) in [5.74, 6) is 0.273. The number of carbonyl (C=O) groups is 1. The van der Waals surface area contributed by atoms with Crippen LogP contribution in [0.1, 0.15) is 42.5 Å².